The highest BCUT2D eigenvalue weighted by atomic mass is 16.2. The third kappa shape index (κ3) is 3.80. The first kappa shape index (κ1) is 24.1. The van der Waals surface area contributed by atoms with Gasteiger partial charge in [-0.1, -0.05) is 6.07 Å². The topological polar surface area (TPSA) is 87.5 Å². The van der Waals surface area contributed by atoms with Crippen molar-refractivity contribution < 1.29 is 9.59 Å². The monoisotopic (exact) mass is 529 g/mol. The van der Waals surface area contributed by atoms with Crippen molar-refractivity contribution in [2.24, 2.45) is 23.2 Å². The number of rotatable bonds is 5. The lowest BCUT2D eigenvalue weighted by Crippen LogP contribution is -2.69. The summed E-state index contributed by atoms with van der Waals surface area (Å²) in [6.45, 7) is 5.10. The molecule has 1 aromatic carbocycles. The third-order valence-electron chi connectivity index (χ3n) is 11.3. The van der Waals surface area contributed by atoms with Gasteiger partial charge in [-0.25, -0.2) is 4.98 Å². The zero-order valence-corrected chi connectivity index (χ0v) is 22.9. The average molecular weight is 530 g/mol. The van der Waals surface area contributed by atoms with Crippen molar-refractivity contribution in [3.05, 3.63) is 34.4 Å². The second-order valence-electron chi connectivity index (χ2n) is 13.9. The van der Waals surface area contributed by atoms with Gasteiger partial charge in [0.05, 0.1) is 16.6 Å². The lowest BCUT2D eigenvalue weighted by Gasteiger charge is -2.59. The number of imide groups is 1. The molecule has 4 aliphatic heterocycles. The molecule has 8 fully saturated rings. The largest absolute Gasteiger partial charge is 0.362 e. The van der Waals surface area contributed by atoms with Crippen LogP contribution in [0.1, 0.15) is 76.1 Å². The number of nitrogens with zero attached hydrogens (tertiary/aromatic N) is 4. The van der Waals surface area contributed by atoms with Gasteiger partial charge in [-0.2, -0.15) is 0 Å². The standard InChI is InChI=1S/C31H39N5O3/c1-18-32-24-3-2-4-25(28(24)30(39)35(18)26-5-6-27(37)33-29(26)38)36-22-12-23(36)17-34(16-22)8-7-31-13-19-9-20(14-31)11-21(10-19)15-31/h2-4,19-23,26H,5-17H2,1H3,(H,33,37,38)/t19?,20?,21?,22-,23-,26-,31?/m1/s1. The Morgan fingerprint density at radius 1 is 0.974 bits per heavy atom. The maximum absolute atomic E-state index is 14.0. The molecule has 8 aliphatic rings. The van der Waals surface area contributed by atoms with Gasteiger partial charge in [0.25, 0.3) is 5.56 Å². The van der Waals surface area contributed by atoms with Crippen LogP contribution >= 0.6 is 0 Å². The minimum absolute atomic E-state index is 0.175. The van der Waals surface area contributed by atoms with Gasteiger partial charge in [0.2, 0.25) is 11.8 Å². The molecule has 6 bridgehead atoms. The van der Waals surface area contributed by atoms with Gasteiger partial charge in [-0.05, 0) is 107 Å². The van der Waals surface area contributed by atoms with Crippen LogP contribution in [0.25, 0.3) is 10.9 Å². The lowest BCUT2D eigenvalue weighted by molar-refractivity contribution is -0.135. The fraction of sp³-hybridized carbons (Fsp3) is 0.677. The van der Waals surface area contributed by atoms with Gasteiger partial charge in [0, 0.05) is 31.6 Å². The first-order valence-corrected chi connectivity index (χ1v) is 15.2. The van der Waals surface area contributed by atoms with Crippen molar-refractivity contribution in [3.63, 3.8) is 0 Å². The highest BCUT2D eigenvalue weighted by molar-refractivity contribution is 6.00. The maximum atomic E-state index is 14.0. The number of carbonyl (C=O) groups is 2. The van der Waals surface area contributed by atoms with E-state index in [1.807, 2.05) is 12.1 Å². The molecule has 1 N–H and O–H groups in total. The van der Waals surface area contributed by atoms with Gasteiger partial charge in [0.15, 0.2) is 0 Å². The van der Waals surface area contributed by atoms with Crippen LogP contribution < -0.4 is 15.8 Å². The minimum atomic E-state index is -0.698. The Morgan fingerprint density at radius 3 is 2.33 bits per heavy atom. The van der Waals surface area contributed by atoms with E-state index in [0.717, 1.165) is 36.5 Å². The smallest absolute Gasteiger partial charge is 0.264 e. The summed E-state index contributed by atoms with van der Waals surface area (Å²) in [4.78, 5) is 48.2. The van der Waals surface area contributed by atoms with Crippen molar-refractivity contribution in [3.8, 4) is 0 Å². The molecule has 3 atom stereocenters. The van der Waals surface area contributed by atoms with Gasteiger partial charge >= 0.3 is 0 Å². The van der Waals surface area contributed by atoms with E-state index >= 15 is 0 Å². The Bertz CT molecular complexity index is 1380. The van der Waals surface area contributed by atoms with Crippen molar-refractivity contribution in [1.82, 2.24) is 19.8 Å². The predicted octanol–water partition coefficient (Wildman–Crippen LogP) is 3.55. The lowest BCUT2D eigenvalue weighted by atomic mass is 9.49. The molecule has 4 saturated carbocycles. The van der Waals surface area contributed by atoms with E-state index < -0.39 is 11.9 Å². The van der Waals surface area contributed by atoms with Crippen molar-refractivity contribution >= 4 is 28.4 Å². The molecule has 1 aromatic heterocycles. The molecule has 5 heterocycles. The number of nitrogens with one attached hydrogen (secondary N) is 1. The molecule has 10 rings (SSSR count). The number of benzene rings is 1. The highest BCUT2D eigenvalue weighted by Crippen LogP contribution is 2.61. The normalized spacial score (nSPS) is 37.3. The molecule has 4 aliphatic carbocycles. The predicted molar refractivity (Wildman–Crippen MR) is 148 cm³/mol. The maximum Gasteiger partial charge on any atom is 0.264 e. The Morgan fingerprint density at radius 2 is 1.67 bits per heavy atom. The summed E-state index contributed by atoms with van der Waals surface area (Å²) in [6, 6.07) is 6.08. The minimum Gasteiger partial charge on any atom is -0.362 e. The molecule has 8 heteroatoms. The number of piperazine rings is 1. The van der Waals surface area contributed by atoms with Crippen molar-refractivity contribution in [2.45, 2.75) is 89.3 Å². The van der Waals surface area contributed by atoms with Gasteiger partial charge in [-0.15, -0.1) is 0 Å². The van der Waals surface area contributed by atoms with Crippen LogP contribution in [-0.4, -0.2) is 58.0 Å². The van der Waals surface area contributed by atoms with Crippen LogP contribution in [0.4, 0.5) is 5.69 Å². The van der Waals surface area contributed by atoms with E-state index in [1.54, 1.807) is 6.92 Å². The molecule has 2 aromatic rings. The van der Waals surface area contributed by atoms with E-state index in [4.69, 9.17) is 4.98 Å². The average Bonchev–Trinajstić information content (AvgIpc) is 2.88. The number of hydrogen-bond donors (Lipinski definition) is 1. The van der Waals surface area contributed by atoms with Gasteiger partial charge in [-0.3, -0.25) is 29.2 Å². The van der Waals surface area contributed by atoms with Crippen LogP contribution in [-0.2, 0) is 9.59 Å². The Balaban J connectivity index is 1.03. The number of aromatic nitrogens is 2. The second-order valence-corrected chi connectivity index (χ2v) is 13.9. The molecule has 0 radical (unpaired) electrons. The summed E-state index contributed by atoms with van der Waals surface area (Å²) < 4.78 is 1.51. The van der Waals surface area contributed by atoms with E-state index in [1.165, 1.54) is 62.5 Å². The SMILES string of the molecule is Cc1nc2cccc(N3[C@@H]4C[C@@H]3CN(CCC35CC6CC(CC(C6)C3)C5)C4)c2c(=O)n1[C@@H]1CCC(=O)NC1=O. The fourth-order valence-corrected chi connectivity index (χ4v) is 10.1. The molecule has 0 spiro atoms. The number of anilines is 1. The van der Waals surface area contributed by atoms with E-state index in [-0.39, 0.29) is 17.9 Å². The van der Waals surface area contributed by atoms with E-state index in [2.05, 4.69) is 21.2 Å². The number of fused-ring (bicyclic) bond motifs is 3. The first-order chi connectivity index (χ1) is 18.9. The summed E-state index contributed by atoms with van der Waals surface area (Å²) in [6.07, 6.45) is 12.1. The third-order valence-corrected chi connectivity index (χ3v) is 11.3. The second kappa shape index (κ2) is 8.63. The fourth-order valence-electron chi connectivity index (χ4n) is 10.1. The Labute approximate surface area is 229 Å². The summed E-state index contributed by atoms with van der Waals surface area (Å²) in [5.41, 5.74) is 2.08. The molecule has 2 amide bonds. The molecule has 8 nitrogen and oxygen atoms in total. The Hall–Kier alpha value is -2.74. The summed E-state index contributed by atoms with van der Waals surface area (Å²) >= 11 is 0. The number of aryl methyl sites for hydroxylation is 1. The van der Waals surface area contributed by atoms with Crippen LogP contribution in [0.2, 0.25) is 0 Å². The van der Waals surface area contributed by atoms with E-state index in [9.17, 15) is 14.4 Å². The molecule has 39 heavy (non-hydrogen) atoms. The molecule has 0 unspecified atom stereocenters. The highest BCUT2D eigenvalue weighted by Gasteiger charge is 2.51. The van der Waals surface area contributed by atoms with Gasteiger partial charge < -0.3 is 4.90 Å². The molecular weight excluding hydrogens is 490 g/mol. The number of hydrogen-bond acceptors (Lipinski definition) is 6. The molecule has 4 saturated heterocycles. The van der Waals surface area contributed by atoms with E-state index in [0.29, 0.717) is 40.6 Å². The quantitative estimate of drug-likeness (QED) is 0.596. The molecular formula is C31H39N5O3. The van der Waals surface area contributed by atoms with Crippen LogP contribution in [0.15, 0.2) is 23.0 Å². The first-order valence-electron chi connectivity index (χ1n) is 15.2. The number of amides is 2. The van der Waals surface area contributed by atoms with Crippen molar-refractivity contribution in [2.75, 3.05) is 24.5 Å². The summed E-state index contributed by atoms with van der Waals surface area (Å²) in [5, 5.41) is 3.00. The Kier molecular flexibility index (Phi) is 5.33. The zero-order valence-electron chi connectivity index (χ0n) is 22.9. The molecule has 206 valence electrons. The number of carbonyl (C=O) groups excluding carboxylic acids is 2. The van der Waals surface area contributed by atoms with Crippen molar-refractivity contribution in [1.29, 1.82) is 0 Å². The van der Waals surface area contributed by atoms with Crippen LogP contribution in [0.3, 0.4) is 0 Å². The summed E-state index contributed by atoms with van der Waals surface area (Å²) in [7, 11) is 0. The van der Waals surface area contributed by atoms with Crippen LogP contribution in [0, 0.1) is 30.1 Å². The zero-order chi connectivity index (χ0) is 26.5. The van der Waals surface area contributed by atoms with Gasteiger partial charge in [0.1, 0.15) is 11.9 Å². The summed E-state index contributed by atoms with van der Waals surface area (Å²) in [5.74, 6) is 2.85. The number of piperidine rings is 2. The van der Waals surface area contributed by atoms with Crippen LogP contribution in [0.5, 0.6) is 0 Å².